The van der Waals surface area contributed by atoms with Crippen LogP contribution in [0.5, 0.6) is 5.75 Å². The Morgan fingerprint density at radius 1 is 1.47 bits per heavy atom. The highest BCUT2D eigenvalue weighted by Gasteiger charge is 2.18. The lowest BCUT2D eigenvalue weighted by molar-refractivity contribution is -0.385. The van der Waals surface area contributed by atoms with Gasteiger partial charge in [0.25, 0.3) is 0 Å². The number of aromatic hydroxyl groups is 1. The van der Waals surface area contributed by atoms with E-state index in [2.05, 4.69) is 0 Å². The van der Waals surface area contributed by atoms with E-state index in [1.807, 2.05) is 0 Å². The number of rotatable bonds is 3. The molecule has 0 aliphatic heterocycles. The van der Waals surface area contributed by atoms with E-state index in [0.717, 1.165) is 18.2 Å². The average molecular weight is 231 g/mol. The van der Waals surface area contributed by atoms with Gasteiger partial charge in [-0.15, -0.1) is 0 Å². The number of nitrogens with zero attached hydrogens (tertiary/aromatic N) is 1. The van der Waals surface area contributed by atoms with Crippen LogP contribution in [-0.2, 0) is 9.84 Å². The summed E-state index contributed by atoms with van der Waals surface area (Å²) >= 11 is 0. The molecule has 0 aliphatic rings. The average Bonchev–Trinajstić information content (AvgIpc) is 2.17. The third-order valence-electron chi connectivity index (χ3n) is 1.88. The summed E-state index contributed by atoms with van der Waals surface area (Å²) in [4.78, 5) is 9.45. The predicted molar refractivity (Wildman–Crippen MR) is 52.5 cm³/mol. The van der Waals surface area contributed by atoms with Gasteiger partial charge in [-0.1, -0.05) is 6.92 Å². The molecule has 0 atom stereocenters. The first-order valence-electron chi connectivity index (χ1n) is 4.08. The van der Waals surface area contributed by atoms with Gasteiger partial charge in [0, 0.05) is 12.1 Å². The summed E-state index contributed by atoms with van der Waals surface area (Å²) in [7, 11) is -3.45. The SMILES string of the molecule is CCS(=O)(=O)c1ccc([N+](=O)[O-])c(O)c1. The number of hydrogen-bond donors (Lipinski definition) is 1. The molecule has 1 rings (SSSR count). The van der Waals surface area contributed by atoms with Crippen molar-refractivity contribution in [3.8, 4) is 5.75 Å². The lowest BCUT2D eigenvalue weighted by Gasteiger charge is -2.01. The second-order valence-electron chi connectivity index (χ2n) is 2.81. The lowest BCUT2D eigenvalue weighted by Crippen LogP contribution is -2.03. The fraction of sp³-hybridized carbons (Fsp3) is 0.250. The second-order valence-corrected chi connectivity index (χ2v) is 5.09. The maximum absolute atomic E-state index is 11.4. The summed E-state index contributed by atoms with van der Waals surface area (Å²) in [6, 6.07) is 2.96. The monoisotopic (exact) mass is 231 g/mol. The number of phenolic OH excluding ortho intramolecular Hbond substituents is 1. The quantitative estimate of drug-likeness (QED) is 0.620. The van der Waals surface area contributed by atoms with Crippen LogP contribution in [0.15, 0.2) is 23.1 Å². The predicted octanol–water partition coefficient (Wildman–Crippen LogP) is 1.09. The molecule has 0 aromatic heterocycles. The van der Waals surface area contributed by atoms with E-state index in [-0.39, 0.29) is 10.6 Å². The van der Waals surface area contributed by atoms with Crippen LogP contribution in [-0.4, -0.2) is 24.2 Å². The molecule has 82 valence electrons. The molecule has 0 saturated heterocycles. The van der Waals surface area contributed by atoms with Crippen molar-refractivity contribution in [1.29, 1.82) is 0 Å². The molecule has 1 N–H and O–H groups in total. The third-order valence-corrected chi connectivity index (χ3v) is 3.61. The Labute approximate surface area is 86.2 Å². The Bertz CT molecular complexity index is 494. The van der Waals surface area contributed by atoms with Gasteiger partial charge in [-0.2, -0.15) is 0 Å². The number of nitro benzene ring substituents is 1. The van der Waals surface area contributed by atoms with Crippen molar-refractivity contribution in [2.45, 2.75) is 11.8 Å². The van der Waals surface area contributed by atoms with Crippen LogP contribution in [0, 0.1) is 10.1 Å². The van der Waals surface area contributed by atoms with E-state index < -0.39 is 26.2 Å². The van der Waals surface area contributed by atoms with Gasteiger partial charge < -0.3 is 5.11 Å². The molecule has 15 heavy (non-hydrogen) atoms. The highest BCUT2D eigenvalue weighted by atomic mass is 32.2. The van der Waals surface area contributed by atoms with Crippen molar-refractivity contribution in [3.63, 3.8) is 0 Å². The fourth-order valence-electron chi connectivity index (χ4n) is 1.02. The van der Waals surface area contributed by atoms with Gasteiger partial charge in [0.2, 0.25) is 0 Å². The van der Waals surface area contributed by atoms with Gasteiger partial charge in [0.1, 0.15) is 0 Å². The highest BCUT2D eigenvalue weighted by molar-refractivity contribution is 7.91. The molecule has 0 aliphatic carbocycles. The van der Waals surface area contributed by atoms with Crippen molar-refractivity contribution < 1.29 is 18.4 Å². The standard InChI is InChI=1S/C8H9NO5S/c1-2-15(13,14)6-3-4-7(9(11)12)8(10)5-6/h3-5,10H,2H2,1H3. The summed E-state index contributed by atoms with van der Waals surface area (Å²) < 4.78 is 22.7. The first-order valence-corrected chi connectivity index (χ1v) is 5.74. The molecule has 0 radical (unpaired) electrons. The third kappa shape index (κ3) is 2.24. The van der Waals surface area contributed by atoms with Crippen LogP contribution in [0.4, 0.5) is 5.69 Å². The normalized spacial score (nSPS) is 11.3. The van der Waals surface area contributed by atoms with Crippen LogP contribution in [0.3, 0.4) is 0 Å². The zero-order chi connectivity index (χ0) is 11.6. The molecule has 0 fully saturated rings. The zero-order valence-electron chi connectivity index (χ0n) is 7.87. The highest BCUT2D eigenvalue weighted by Crippen LogP contribution is 2.28. The Kier molecular flexibility index (Phi) is 2.94. The molecule has 1 aromatic carbocycles. The summed E-state index contributed by atoms with van der Waals surface area (Å²) in [5, 5.41) is 19.6. The minimum atomic E-state index is -3.45. The number of phenols is 1. The number of benzene rings is 1. The van der Waals surface area contributed by atoms with Crippen LogP contribution in [0.25, 0.3) is 0 Å². The molecule has 0 bridgehead atoms. The zero-order valence-corrected chi connectivity index (χ0v) is 8.69. The summed E-state index contributed by atoms with van der Waals surface area (Å²) in [5.41, 5.74) is -0.509. The molecular formula is C8H9NO5S. The van der Waals surface area contributed by atoms with Crippen LogP contribution < -0.4 is 0 Å². The molecule has 0 amide bonds. The van der Waals surface area contributed by atoms with Crippen molar-refractivity contribution in [3.05, 3.63) is 28.3 Å². The largest absolute Gasteiger partial charge is 0.502 e. The Morgan fingerprint density at radius 3 is 2.47 bits per heavy atom. The first-order chi connectivity index (χ1) is 6.88. The van der Waals surface area contributed by atoms with Crippen molar-refractivity contribution in [2.75, 3.05) is 5.75 Å². The van der Waals surface area contributed by atoms with E-state index in [4.69, 9.17) is 0 Å². The van der Waals surface area contributed by atoms with E-state index in [0.29, 0.717) is 0 Å². The van der Waals surface area contributed by atoms with Crippen molar-refractivity contribution in [2.24, 2.45) is 0 Å². The minimum absolute atomic E-state index is 0.117. The Morgan fingerprint density at radius 2 is 2.07 bits per heavy atom. The molecule has 0 spiro atoms. The van der Waals surface area contributed by atoms with Crippen molar-refractivity contribution >= 4 is 15.5 Å². The fourth-order valence-corrected chi connectivity index (χ4v) is 1.92. The number of nitro groups is 1. The van der Waals surface area contributed by atoms with Crippen LogP contribution in [0.1, 0.15) is 6.92 Å². The van der Waals surface area contributed by atoms with Gasteiger partial charge in [0.15, 0.2) is 15.6 Å². The maximum atomic E-state index is 11.4. The van der Waals surface area contributed by atoms with E-state index in [9.17, 15) is 23.6 Å². The molecule has 0 heterocycles. The van der Waals surface area contributed by atoms with Gasteiger partial charge in [-0.05, 0) is 6.07 Å². The van der Waals surface area contributed by atoms with Crippen LogP contribution >= 0.6 is 0 Å². The molecule has 6 nitrogen and oxygen atoms in total. The molecule has 0 saturated carbocycles. The van der Waals surface area contributed by atoms with Crippen molar-refractivity contribution in [1.82, 2.24) is 0 Å². The number of sulfone groups is 1. The molecule has 0 unspecified atom stereocenters. The Hall–Kier alpha value is -1.63. The van der Waals surface area contributed by atoms with E-state index in [1.165, 1.54) is 6.92 Å². The van der Waals surface area contributed by atoms with Gasteiger partial charge >= 0.3 is 5.69 Å². The minimum Gasteiger partial charge on any atom is -0.502 e. The van der Waals surface area contributed by atoms with Gasteiger partial charge in [-0.3, -0.25) is 10.1 Å². The van der Waals surface area contributed by atoms with E-state index in [1.54, 1.807) is 0 Å². The summed E-state index contributed by atoms with van der Waals surface area (Å²) in [6.45, 7) is 1.45. The smallest absolute Gasteiger partial charge is 0.310 e. The first kappa shape index (κ1) is 11.4. The molecular weight excluding hydrogens is 222 g/mol. The van der Waals surface area contributed by atoms with Crippen LogP contribution in [0.2, 0.25) is 0 Å². The number of hydrogen-bond acceptors (Lipinski definition) is 5. The van der Waals surface area contributed by atoms with Gasteiger partial charge in [0.05, 0.1) is 15.6 Å². The van der Waals surface area contributed by atoms with Gasteiger partial charge in [-0.25, -0.2) is 8.42 Å². The molecule has 7 heteroatoms. The Balaban J connectivity index is 3.30. The van der Waals surface area contributed by atoms with E-state index >= 15 is 0 Å². The molecule has 1 aromatic rings. The maximum Gasteiger partial charge on any atom is 0.310 e. The topological polar surface area (TPSA) is 97.5 Å². The summed E-state index contributed by atoms with van der Waals surface area (Å²) in [6.07, 6.45) is 0. The summed E-state index contributed by atoms with van der Waals surface area (Å²) in [5.74, 6) is -0.765. The lowest BCUT2D eigenvalue weighted by atomic mass is 10.3. The second kappa shape index (κ2) is 3.85.